The highest BCUT2D eigenvalue weighted by Gasteiger charge is 2.16. The maximum Gasteiger partial charge on any atom is 0.211 e. The quantitative estimate of drug-likeness (QED) is 0.685. The number of nitrogens with zero attached hydrogens (tertiary/aromatic N) is 1. The zero-order valence-corrected chi connectivity index (χ0v) is 13.9. The maximum atomic E-state index is 13.5. The molecule has 4 heteroatoms. The maximum absolute atomic E-state index is 13.5. The molecule has 2 aromatic carbocycles. The van der Waals surface area contributed by atoms with Crippen LogP contribution in [0.5, 0.6) is 0 Å². The molecule has 118 valence electrons. The van der Waals surface area contributed by atoms with Crippen molar-refractivity contribution in [1.29, 1.82) is 0 Å². The monoisotopic (exact) mass is 327 g/mol. The summed E-state index contributed by atoms with van der Waals surface area (Å²) >= 11 is 1.47. The van der Waals surface area contributed by atoms with E-state index in [4.69, 9.17) is 0 Å². The zero-order valence-electron chi connectivity index (χ0n) is 13.1. The fourth-order valence-corrected chi connectivity index (χ4v) is 3.52. The van der Waals surface area contributed by atoms with Gasteiger partial charge in [-0.15, -0.1) is 11.3 Å². The molecule has 3 aromatic rings. The summed E-state index contributed by atoms with van der Waals surface area (Å²) in [4.78, 5) is 14.9. The van der Waals surface area contributed by atoms with Crippen LogP contribution in [0.1, 0.15) is 19.4 Å². The number of benzene rings is 2. The topological polar surface area (TPSA) is 20.3 Å². The molecule has 0 spiro atoms. The van der Waals surface area contributed by atoms with Gasteiger partial charge >= 0.3 is 0 Å². The third kappa shape index (κ3) is 3.27. The summed E-state index contributed by atoms with van der Waals surface area (Å²) in [5.41, 5.74) is 1.67. The van der Waals surface area contributed by atoms with Gasteiger partial charge in [-0.2, -0.15) is 0 Å². The van der Waals surface area contributed by atoms with E-state index in [-0.39, 0.29) is 17.3 Å². The average Bonchev–Trinajstić information content (AvgIpc) is 2.55. The average molecular weight is 327 g/mol. The molecule has 1 heterocycles. The van der Waals surface area contributed by atoms with Gasteiger partial charge in [0.1, 0.15) is 5.82 Å². The predicted octanol–water partition coefficient (Wildman–Crippen LogP) is 4.82. The minimum Gasteiger partial charge on any atom is -0.361 e. The molecule has 0 N–H and O–H groups in total. The van der Waals surface area contributed by atoms with E-state index in [1.54, 1.807) is 6.07 Å². The fourth-order valence-electron chi connectivity index (χ4n) is 2.62. The Kier molecular flexibility index (Phi) is 4.44. The molecule has 23 heavy (non-hydrogen) atoms. The Balaban J connectivity index is 2.08. The Hall–Kier alpha value is -2.20. The van der Waals surface area contributed by atoms with Gasteiger partial charge in [0.2, 0.25) is 5.43 Å². The number of rotatable bonds is 4. The summed E-state index contributed by atoms with van der Waals surface area (Å²) in [7, 11) is 0. The molecule has 0 unspecified atom stereocenters. The van der Waals surface area contributed by atoms with Crippen LogP contribution in [-0.2, 0) is 6.54 Å². The van der Waals surface area contributed by atoms with E-state index in [1.807, 2.05) is 35.7 Å². The molecule has 0 bridgehead atoms. The first-order chi connectivity index (χ1) is 11.1. The Morgan fingerprint density at radius 3 is 2.57 bits per heavy atom. The SMILES string of the molecule is CC(C)N(Cc1ccccc1)c1csc2ccc(F)cc2c1=O. The van der Waals surface area contributed by atoms with Crippen molar-refractivity contribution >= 4 is 27.1 Å². The molecule has 3 rings (SSSR count). The fraction of sp³-hybridized carbons (Fsp3) is 0.211. The summed E-state index contributed by atoms with van der Waals surface area (Å²) < 4.78 is 14.3. The van der Waals surface area contributed by atoms with Gasteiger partial charge in [-0.1, -0.05) is 30.3 Å². The highest BCUT2D eigenvalue weighted by molar-refractivity contribution is 7.16. The van der Waals surface area contributed by atoms with Crippen molar-refractivity contribution in [2.45, 2.75) is 26.4 Å². The molecule has 2 nitrogen and oxygen atoms in total. The van der Waals surface area contributed by atoms with E-state index in [9.17, 15) is 9.18 Å². The van der Waals surface area contributed by atoms with Crippen molar-refractivity contribution in [3.63, 3.8) is 0 Å². The molecule has 0 amide bonds. The molecule has 0 fully saturated rings. The first-order valence-corrected chi connectivity index (χ1v) is 8.46. The summed E-state index contributed by atoms with van der Waals surface area (Å²) in [5, 5.41) is 2.33. The molecule has 0 aliphatic rings. The van der Waals surface area contributed by atoms with Crippen molar-refractivity contribution in [1.82, 2.24) is 0 Å². The normalized spacial score (nSPS) is 11.1. The Bertz CT molecular complexity index is 873. The second-order valence-electron chi connectivity index (χ2n) is 5.80. The number of fused-ring (bicyclic) bond motifs is 1. The smallest absolute Gasteiger partial charge is 0.211 e. The van der Waals surface area contributed by atoms with Crippen molar-refractivity contribution in [2.24, 2.45) is 0 Å². The highest BCUT2D eigenvalue weighted by atomic mass is 32.1. The third-order valence-electron chi connectivity index (χ3n) is 3.84. The lowest BCUT2D eigenvalue weighted by molar-refractivity contribution is 0.629. The highest BCUT2D eigenvalue weighted by Crippen LogP contribution is 2.24. The summed E-state index contributed by atoms with van der Waals surface area (Å²) in [6.07, 6.45) is 0. The van der Waals surface area contributed by atoms with E-state index in [0.29, 0.717) is 17.6 Å². The van der Waals surface area contributed by atoms with Gasteiger partial charge in [0.05, 0.1) is 5.69 Å². The molecule has 0 aliphatic carbocycles. The number of anilines is 1. The second kappa shape index (κ2) is 6.50. The van der Waals surface area contributed by atoms with Gasteiger partial charge in [0.15, 0.2) is 0 Å². The van der Waals surface area contributed by atoms with E-state index in [1.165, 1.54) is 23.5 Å². The second-order valence-corrected chi connectivity index (χ2v) is 6.71. The third-order valence-corrected chi connectivity index (χ3v) is 4.80. The molecule has 0 saturated carbocycles. The van der Waals surface area contributed by atoms with Crippen LogP contribution in [0.4, 0.5) is 10.1 Å². The van der Waals surface area contributed by atoms with Crippen LogP contribution in [-0.4, -0.2) is 6.04 Å². The van der Waals surface area contributed by atoms with Crippen molar-refractivity contribution in [2.75, 3.05) is 4.90 Å². The van der Waals surface area contributed by atoms with Crippen LogP contribution in [0.2, 0.25) is 0 Å². The van der Waals surface area contributed by atoms with Crippen LogP contribution in [0.3, 0.4) is 0 Å². The first-order valence-electron chi connectivity index (χ1n) is 7.58. The Morgan fingerprint density at radius 2 is 1.87 bits per heavy atom. The summed E-state index contributed by atoms with van der Waals surface area (Å²) in [5.74, 6) is -0.377. The van der Waals surface area contributed by atoms with E-state index in [2.05, 4.69) is 18.7 Å². The first kappa shape index (κ1) is 15.7. The minimum atomic E-state index is -0.377. The zero-order chi connectivity index (χ0) is 16.4. The van der Waals surface area contributed by atoms with Crippen molar-refractivity contribution < 1.29 is 4.39 Å². The minimum absolute atomic E-state index is 0.108. The van der Waals surface area contributed by atoms with Crippen molar-refractivity contribution in [3.05, 3.63) is 75.5 Å². The lowest BCUT2D eigenvalue weighted by atomic mass is 10.1. The van der Waals surface area contributed by atoms with Crippen LogP contribution in [0, 0.1) is 5.82 Å². The van der Waals surface area contributed by atoms with Crippen LogP contribution in [0.25, 0.3) is 10.1 Å². The Morgan fingerprint density at radius 1 is 1.13 bits per heavy atom. The van der Waals surface area contributed by atoms with E-state index < -0.39 is 0 Å². The van der Waals surface area contributed by atoms with Gasteiger partial charge in [0, 0.05) is 28.1 Å². The molecular weight excluding hydrogens is 309 g/mol. The summed E-state index contributed by atoms with van der Waals surface area (Å²) in [6.45, 7) is 4.77. The molecule has 0 saturated heterocycles. The molecule has 0 aliphatic heterocycles. The van der Waals surface area contributed by atoms with Crippen LogP contribution >= 0.6 is 11.3 Å². The lowest BCUT2D eigenvalue weighted by Crippen LogP contribution is -2.33. The molecular formula is C19H18FNOS. The largest absolute Gasteiger partial charge is 0.361 e. The Labute approximate surface area is 138 Å². The summed E-state index contributed by atoms with van der Waals surface area (Å²) in [6, 6.07) is 14.6. The van der Waals surface area contributed by atoms with Gasteiger partial charge in [0.25, 0.3) is 0 Å². The van der Waals surface area contributed by atoms with Gasteiger partial charge in [-0.25, -0.2) is 4.39 Å². The molecule has 0 atom stereocenters. The number of hydrogen-bond donors (Lipinski definition) is 0. The van der Waals surface area contributed by atoms with Crippen LogP contribution < -0.4 is 10.3 Å². The molecule has 0 radical (unpaired) electrons. The number of hydrogen-bond acceptors (Lipinski definition) is 3. The van der Waals surface area contributed by atoms with Crippen LogP contribution in [0.15, 0.2) is 58.7 Å². The van der Waals surface area contributed by atoms with Gasteiger partial charge < -0.3 is 4.90 Å². The predicted molar refractivity (Wildman–Crippen MR) is 95.8 cm³/mol. The van der Waals surface area contributed by atoms with E-state index >= 15 is 0 Å². The van der Waals surface area contributed by atoms with Gasteiger partial charge in [-0.3, -0.25) is 4.79 Å². The standard InChI is InChI=1S/C19H18FNOS/c1-13(2)21(11-14-6-4-3-5-7-14)17-12-23-18-9-8-15(20)10-16(18)19(17)22/h3-10,12-13H,11H2,1-2H3. The number of halogens is 1. The van der Waals surface area contributed by atoms with E-state index in [0.717, 1.165) is 10.3 Å². The van der Waals surface area contributed by atoms with Crippen molar-refractivity contribution in [3.8, 4) is 0 Å². The molecule has 1 aromatic heterocycles. The van der Waals surface area contributed by atoms with Gasteiger partial charge in [-0.05, 0) is 37.6 Å². The lowest BCUT2D eigenvalue weighted by Gasteiger charge is -2.28.